The van der Waals surface area contributed by atoms with E-state index in [1.54, 1.807) is 11.9 Å². The lowest BCUT2D eigenvalue weighted by atomic mass is 10.0. The Morgan fingerprint density at radius 2 is 2.12 bits per heavy atom. The van der Waals surface area contributed by atoms with Crippen LogP contribution in [-0.4, -0.2) is 24.4 Å². The van der Waals surface area contributed by atoms with Crippen LogP contribution in [0, 0.1) is 11.3 Å². The molecule has 0 fully saturated rings. The number of amides is 1. The van der Waals surface area contributed by atoms with Gasteiger partial charge in [0.15, 0.2) is 0 Å². The summed E-state index contributed by atoms with van der Waals surface area (Å²) >= 11 is 0. The summed E-state index contributed by atoms with van der Waals surface area (Å²) in [6.07, 6.45) is 0.620. The van der Waals surface area contributed by atoms with Gasteiger partial charge in [-0.2, -0.15) is 5.26 Å². The van der Waals surface area contributed by atoms with Crippen molar-refractivity contribution >= 4 is 5.91 Å². The zero-order valence-corrected chi connectivity index (χ0v) is 9.97. The maximum atomic E-state index is 11.8. The van der Waals surface area contributed by atoms with Gasteiger partial charge in [0.1, 0.15) is 0 Å². The van der Waals surface area contributed by atoms with Crippen LogP contribution < -0.4 is 5.73 Å². The lowest BCUT2D eigenvalue weighted by molar-refractivity contribution is -0.130. The lowest BCUT2D eigenvalue weighted by Gasteiger charge is -2.18. The largest absolute Gasteiger partial charge is 0.345 e. The summed E-state index contributed by atoms with van der Waals surface area (Å²) < 4.78 is 0. The van der Waals surface area contributed by atoms with E-state index in [0.717, 1.165) is 5.56 Å². The van der Waals surface area contributed by atoms with Crippen molar-refractivity contribution in [3.05, 3.63) is 35.9 Å². The molecule has 0 saturated carbocycles. The minimum Gasteiger partial charge on any atom is -0.345 e. The molecule has 1 amide bonds. The SMILES string of the molecule is CN(CCC#N)C(=O)CC(N)c1ccccc1. The molecule has 0 aliphatic rings. The molecule has 1 aromatic carbocycles. The summed E-state index contributed by atoms with van der Waals surface area (Å²) in [7, 11) is 1.69. The van der Waals surface area contributed by atoms with Gasteiger partial charge in [-0.3, -0.25) is 4.79 Å². The molecule has 0 bridgehead atoms. The average Bonchev–Trinajstić information content (AvgIpc) is 2.36. The first-order valence-electron chi connectivity index (χ1n) is 5.56. The summed E-state index contributed by atoms with van der Waals surface area (Å²) in [5, 5.41) is 8.44. The molecule has 0 aliphatic carbocycles. The number of nitriles is 1. The van der Waals surface area contributed by atoms with Crippen LogP contribution in [0.5, 0.6) is 0 Å². The molecule has 0 spiro atoms. The summed E-state index contributed by atoms with van der Waals surface area (Å²) in [4.78, 5) is 13.3. The van der Waals surface area contributed by atoms with Crippen molar-refractivity contribution in [2.75, 3.05) is 13.6 Å². The van der Waals surface area contributed by atoms with Crippen molar-refractivity contribution < 1.29 is 4.79 Å². The van der Waals surface area contributed by atoms with E-state index in [1.807, 2.05) is 36.4 Å². The highest BCUT2D eigenvalue weighted by Gasteiger charge is 2.14. The third-order valence-electron chi connectivity index (χ3n) is 2.61. The minimum atomic E-state index is -0.284. The Hall–Kier alpha value is -1.86. The number of hydrogen-bond acceptors (Lipinski definition) is 3. The van der Waals surface area contributed by atoms with Crippen LogP contribution in [0.3, 0.4) is 0 Å². The molecule has 1 atom stereocenters. The highest BCUT2D eigenvalue weighted by Crippen LogP contribution is 2.14. The van der Waals surface area contributed by atoms with Gasteiger partial charge in [-0.25, -0.2) is 0 Å². The fourth-order valence-corrected chi connectivity index (χ4v) is 1.50. The quantitative estimate of drug-likeness (QED) is 0.833. The van der Waals surface area contributed by atoms with Crippen molar-refractivity contribution in [1.29, 1.82) is 5.26 Å². The maximum absolute atomic E-state index is 11.8. The van der Waals surface area contributed by atoms with Crippen LogP contribution in [0.15, 0.2) is 30.3 Å². The number of hydrogen-bond donors (Lipinski definition) is 1. The molecule has 4 nitrogen and oxygen atoms in total. The van der Waals surface area contributed by atoms with Crippen LogP contribution in [0.4, 0.5) is 0 Å². The molecule has 0 saturated heterocycles. The highest BCUT2D eigenvalue weighted by molar-refractivity contribution is 5.76. The standard InChI is InChI=1S/C13H17N3O/c1-16(9-5-8-14)13(17)10-12(15)11-6-3-2-4-7-11/h2-4,6-7,12H,5,9-10,15H2,1H3. The first kappa shape index (κ1) is 13.2. The van der Waals surface area contributed by atoms with E-state index in [-0.39, 0.29) is 18.4 Å². The zero-order valence-electron chi connectivity index (χ0n) is 9.97. The normalized spacial score (nSPS) is 11.6. The third-order valence-corrected chi connectivity index (χ3v) is 2.61. The highest BCUT2D eigenvalue weighted by atomic mass is 16.2. The summed E-state index contributed by atoms with van der Waals surface area (Å²) in [5.41, 5.74) is 6.90. The van der Waals surface area contributed by atoms with Gasteiger partial charge in [0.05, 0.1) is 12.5 Å². The molecule has 17 heavy (non-hydrogen) atoms. The molecule has 90 valence electrons. The summed E-state index contributed by atoms with van der Waals surface area (Å²) in [6, 6.07) is 11.3. The average molecular weight is 231 g/mol. The smallest absolute Gasteiger partial charge is 0.224 e. The molecule has 0 heterocycles. The number of carbonyl (C=O) groups excluding carboxylic acids is 1. The molecule has 0 aromatic heterocycles. The predicted octanol–water partition coefficient (Wildman–Crippen LogP) is 1.45. The third kappa shape index (κ3) is 4.25. The van der Waals surface area contributed by atoms with E-state index in [4.69, 9.17) is 11.0 Å². The summed E-state index contributed by atoms with van der Waals surface area (Å²) in [6.45, 7) is 0.455. The lowest BCUT2D eigenvalue weighted by Crippen LogP contribution is -2.30. The van der Waals surface area contributed by atoms with E-state index in [0.29, 0.717) is 13.0 Å². The van der Waals surface area contributed by atoms with Gasteiger partial charge in [0.25, 0.3) is 0 Å². The molecule has 1 rings (SSSR count). The van der Waals surface area contributed by atoms with E-state index >= 15 is 0 Å². The van der Waals surface area contributed by atoms with E-state index < -0.39 is 0 Å². The van der Waals surface area contributed by atoms with Crippen LogP contribution in [0.1, 0.15) is 24.4 Å². The molecular formula is C13H17N3O. The molecule has 4 heteroatoms. The fraction of sp³-hybridized carbons (Fsp3) is 0.385. The van der Waals surface area contributed by atoms with Gasteiger partial charge in [0.2, 0.25) is 5.91 Å². The van der Waals surface area contributed by atoms with Crippen molar-refractivity contribution in [1.82, 2.24) is 4.90 Å². The van der Waals surface area contributed by atoms with Crippen molar-refractivity contribution in [2.24, 2.45) is 5.73 Å². The van der Waals surface area contributed by atoms with Crippen LogP contribution >= 0.6 is 0 Å². The van der Waals surface area contributed by atoms with Gasteiger partial charge >= 0.3 is 0 Å². The van der Waals surface area contributed by atoms with Gasteiger partial charge in [0, 0.05) is 26.1 Å². The van der Waals surface area contributed by atoms with Gasteiger partial charge in [-0.1, -0.05) is 30.3 Å². The van der Waals surface area contributed by atoms with E-state index in [9.17, 15) is 4.79 Å². The Morgan fingerprint density at radius 1 is 1.47 bits per heavy atom. The van der Waals surface area contributed by atoms with Crippen molar-refractivity contribution in [3.63, 3.8) is 0 Å². The summed E-state index contributed by atoms with van der Waals surface area (Å²) in [5.74, 6) is -0.0309. The van der Waals surface area contributed by atoms with Gasteiger partial charge < -0.3 is 10.6 Å². The number of benzene rings is 1. The predicted molar refractivity (Wildman–Crippen MR) is 65.9 cm³/mol. The Morgan fingerprint density at radius 3 is 2.71 bits per heavy atom. The minimum absolute atomic E-state index is 0.0309. The topological polar surface area (TPSA) is 70.1 Å². The van der Waals surface area contributed by atoms with Crippen LogP contribution in [0.2, 0.25) is 0 Å². The van der Waals surface area contributed by atoms with Crippen LogP contribution in [-0.2, 0) is 4.79 Å². The number of rotatable bonds is 5. The fourth-order valence-electron chi connectivity index (χ4n) is 1.50. The van der Waals surface area contributed by atoms with Gasteiger partial charge in [-0.15, -0.1) is 0 Å². The molecule has 0 radical (unpaired) electrons. The van der Waals surface area contributed by atoms with Crippen molar-refractivity contribution in [2.45, 2.75) is 18.9 Å². The molecule has 2 N–H and O–H groups in total. The first-order valence-corrected chi connectivity index (χ1v) is 5.56. The Kier molecular flexibility index (Phi) is 5.18. The van der Waals surface area contributed by atoms with Gasteiger partial charge in [-0.05, 0) is 5.56 Å². The zero-order chi connectivity index (χ0) is 12.7. The Balaban J connectivity index is 2.49. The number of carbonyl (C=O) groups is 1. The second-order valence-electron chi connectivity index (χ2n) is 3.94. The van der Waals surface area contributed by atoms with E-state index in [1.165, 1.54) is 0 Å². The monoisotopic (exact) mass is 231 g/mol. The molecule has 0 aliphatic heterocycles. The Bertz CT molecular complexity index is 397. The number of nitrogens with zero attached hydrogens (tertiary/aromatic N) is 2. The number of nitrogens with two attached hydrogens (primary N) is 1. The van der Waals surface area contributed by atoms with Crippen molar-refractivity contribution in [3.8, 4) is 6.07 Å². The molecule has 1 aromatic rings. The van der Waals surface area contributed by atoms with E-state index in [2.05, 4.69) is 0 Å². The molecule has 1 unspecified atom stereocenters. The molecular weight excluding hydrogens is 214 g/mol. The second-order valence-corrected chi connectivity index (χ2v) is 3.94. The first-order chi connectivity index (χ1) is 8.15. The maximum Gasteiger partial charge on any atom is 0.224 e. The van der Waals surface area contributed by atoms with Crippen LogP contribution in [0.25, 0.3) is 0 Å². The second kappa shape index (κ2) is 6.66. The Labute approximate surface area is 102 Å².